The Balaban J connectivity index is 2.05. The van der Waals surface area contributed by atoms with Crippen LogP contribution in [0.4, 0.5) is 11.4 Å². The van der Waals surface area contributed by atoms with Gasteiger partial charge in [0.05, 0.1) is 34.3 Å². The van der Waals surface area contributed by atoms with Crippen molar-refractivity contribution in [1.82, 2.24) is 8.96 Å². The number of nitrogens with zero attached hydrogens (tertiary/aromatic N) is 4. The zero-order valence-electron chi connectivity index (χ0n) is 20.0. The van der Waals surface area contributed by atoms with Gasteiger partial charge in [0.25, 0.3) is 10.0 Å². The van der Waals surface area contributed by atoms with Crippen molar-refractivity contribution in [3.05, 3.63) is 58.9 Å². The van der Waals surface area contributed by atoms with Crippen molar-refractivity contribution in [2.75, 3.05) is 11.9 Å². The Labute approximate surface area is 208 Å². The molecule has 0 aliphatic rings. The van der Waals surface area contributed by atoms with Gasteiger partial charge in [-0.05, 0) is 37.5 Å². The number of carbonyl (C=O) groups is 1. The molecule has 0 fully saturated rings. The standard InChI is InChI=1S/C24H27N5O6S/c1-3-17(10-11-22(30)35-4-2)20(12-14-25)27-23-19-13-15-28(24(19)26-16-21(23)29(31)32)36(33,34)18-8-6-5-7-9-18/h5-9,13,15-17,20H,3-4,10-12H2,1-2H3,(H,26,27). The average Bonchev–Trinajstić information content (AvgIpc) is 3.30. The molecule has 0 bridgehead atoms. The number of benzene rings is 1. The lowest BCUT2D eigenvalue weighted by molar-refractivity contribution is -0.384. The van der Waals surface area contributed by atoms with Gasteiger partial charge in [-0.2, -0.15) is 5.26 Å². The largest absolute Gasteiger partial charge is 0.466 e. The average molecular weight is 514 g/mol. The summed E-state index contributed by atoms with van der Waals surface area (Å²) in [5.74, 6) is -0.529. The minimum Gasteiger partial charge on any atom is -0.466 e. The van der Waals surface area contributed by atoms with Gasteiger partial charge >= 0.3 is 11.7 Å². The molecule has 2 atom stereocenters. The third-order valence-corrected chi connectivity index (χ3v) is 7.60. The first-order chi connectivity index (χ1) is 17.2. The lowest BCUT2D eigenvalue weighted by Gasteiger charge is -2.26. The highest BCUT2D eigenvalue weighted by Gasteiger charge is 2.29. The maximum absolute atomic E-state index is 13.2. The molecule has 0 saturated heterocycles. The molecule has 2 unspecified atom stereocenters. The van der Waals surface area contributed by atoms with E-state index < -0.39 is 21.0 Å². The van der Waals surface area contributed by atoms with E-state index >= 15 is 0 Å². The fraction of sp³-hybridized carbons (Fsp3) is 0.375. The molecule has 0 spiro atoms. The normalized spacial score (nSPS) is 13.0. The van der Waals surface area contributed by atoms with Gasteiger partial charge in [0.1, 0.15) is 11.9 Å². The molecule has 0 aliphatic carbocycles. The van der Waals surface area contributed by atoms with Gasteiger partial charge in [0.2, 0.25) is 0 Å². The summed E-state index contributed by atoms with van der Waals surface area (Å²) in [7, 11) is -4.00. The molecule has 12 heteroatoms. The summed E-state index contributed by atoms with van der Waals surface area (Å²) in [5.41, 5.74) is -0.260. The van der Waals surface area contributed by atoms with Gasteiger partial charge < -0.3 is 10.1 Å². The van der Waals surface area contributed by atoms with E-state index in [9.17, 15) is 28.6 Å². The van der Waals surface area contributed by atoms with Crippen LogP contribution < -0.4 is 5.32 Å². The Morgan fingerprint density at radius 2 is 2.00 bits per heavy atom. The highest BCUT2D eigenvalue weighted by Crippen LogP contribution is 2.36. The lowest BCUT2D eigenvalue weighted by atomic mass is 9.89. The molecule has 0 amide bonds. The van der Waals surface area contributed by atoms with Crippen molar-refractivity contribution in [1.29, 1.82) is 5.26 Å². The second-order valence-corrected chi connectivity index (χ2v) is 9.88. The summed E-state index contributed by atoms with van der Waals surface area (Å²) in [4.78, 5) is 27.2. The molecule has 2 aromatic heterocycles. The summed E-state index contributed by atoms with van der Waals surface area (Å²) in [6.07, 6.45) is 3.49. The van der Waals surface area contributed by atoms with Gasteiger partial charge in [0.15, 0.2) is 5.65 Å². The quantitative estimate of drug-likeness (QED) is 0.212. The molecule has 11 nitrogen and oxygen atoms in total. The summed E-state index contributed by atoms with van der Waals surface area (Å²) < 4.78 is 32.4. The molecule has 0 saturated carbocycles. The highest BCUT2D eigenvalue weighted by molar-refractivity contribution is 7.90. The number of fused-ring (bicyclic) bond motifs is 1. The second-order valence-electron chi connectivity index (χ2n) is 8.07. The molecule has 36 heavy (non-hydrogen) atoms. The van der Waals surface area contributed by atoms with Crippen LogP contribution in [0.3, 0.4) is 0 Å². The van der Waals surface area contributed by atoms with Crippen LogP contribution in [-0.2, 0) is 19.6 Å². The fourth-order valence-electron chi connectivity index (χ4n) is 4.09. The minimum absolute atomic E-state index is 0.0160. The fourth-order valence-corrected chi connectivity index (χ4v) is 5.41. The number of pyridine rings is 1. The van der Waals surface area contributed by atoms with Crippen LogP contribution in [0.15, 0.2) is 53.7 Å². The van der Waals surface area contributed by atoms with Crippen LogP contribution >= 0.6 is 0 Å². The number of nitro groups is 1. The zero-order chi connectivity index (χ0) is 26.3. The number of ether oxygens (including phenoxy) is 1. The van der Waals surface area contributed by atoms with Crippen LogP contribution in [-0.4, -0.2) is 40.9 Å². The number of hydrogen-bond donors (Lipinski definition) is 1. The smallest absolute Gasteiger partial charge is 0.311 e. The number of carbonyl (C=O) groups excluding carboxylic acids is 1. The predicted molar refractivity (Wildman–Crippen MR) is 133 cm³/mol. The molecule has 0 aliphatic heterocycles. The van der Waals surface area contributed by atoms with E-state index in [1.165, 1.54) is 24.4 Å². The van der Waals surface area contributed by atoms with E-state index in [2.05, 4.69) is 16.4 Å². The monoisotopic (exact) mass is 513 g/mol. The SMILES string of the molecule is CCOC(=O)CCC(CC)C(CC#N)Nc1c([N+](=O)[O-])cnc2c1ccn2S(=O)(=O)c1ccccc1. The summed E-state index contributed by atoms with van der Waals surface area (Å²) in [5, 5.41) is 24.6. The number of anilines is 1. The minimum atomic E-state index is -4.00. The van der Waals surface area contributed by atoms with E-state index in [0.29, 0.717) is 12.8 Å². The van der Waals surface area contributed by atoms with Crippen molar-refractivity contribution < 1.29 is 22.9 Å². The van der Waals surface area contributed by atoms with Crippen molar-refractivity contribution >= 4 is 38.4 Å². The summed E-state index contributed by atoms with van der Waals surface area (Å²) in [6.45, 7) is 3.88. The van der Waals surface area contributed by atoms with E-state index in [0.717, 1.165) is 10.2 Å². The van der Waals surface area contributed by atoms with Gasteiger partial charge in [-0.1, -0.05) is 31.5 Å². The topological polar surface area (TPSA) is 157 Å². The molecule has 2 heterocycles. The number of nitrogens with one attached hydrogen (secondary N) is 1. The number of hydrogen-bond acceptors (Lipinski definition) is 9. The van der Waals surface area contributed by atoms with Crippen LogP contribution in [0.25, 0.3) is 11.0 Å². The number of nitriles is 1. The van der Waals surface area contributed by atoms with Crippen LogP contribution in [0, 0.1) is 27.4 Å². The first-order valence-corrected chi connectivity index (χ1v) is 12.9. The van der Waals surface area contributed by atoms with Crippen molar-refractivity contribution in [3.8, 4) is 6.07 Å². The molecule has 190 valence electrons. The van der Waals surface area contributed by atoms with Gasteiger partial charge in [-0.3, -0.25) is 14.9 Å². The number of rotatable bonds is 12. The maximum Gasteiger partial charge on any atom is 0.311 e. The third-order valence-electron chi connectivity index (χ3n) is 5.92. The van der Waals surface area contributed by atoms with Crippen LogP contribution in [0.5, 0.6) is 0 Å². The molecule has 3 rings (SSSR count). The Morgan fingerprint density at radius 3 is 2.61 bits per heavy atom. The van der Waals surface area contributed by atoms with Crippen LogP contribution in [0.1, 0.15) is 39.5 Å². The molecule has 3 aromatic rings. The number of esters is 1. The first kappa shape index (κ1) is 26.6. The Morgan fingerprint density at radius 1 is 1.28 bits per heavy atom. The van der Waals surface area contributed by atoms with Gasteiger partial charge in [0, 0.05) is 18.7 Å². The van der Waals surface area contributed by atoms with E-state index in [4.69, 9.17) is 4.74 Å². The molecule has 1 aromatic carbocycles. The maximum atomic E-state index is 13.2. The second kappa shape index (κ2) is 11.6. The van der Waals surface area contributed by atoms with Gasteiger partial charge in [-0.15, -0.1) is 0 Å². The third kappa shape index (κ3) is 5.63. The Hall–Kier alpha value is -3.98. The summed E-state index contributed by atoms with van der Waals surface area (Å²) >= 11 is 0. The van der Waals surface area contributed by atoms with E-state index in [1.807, 2.05) is 6.92 Å². The van der Waals surface area contributed by atoms with E-state index in [-0.39, 0.29) is 58.6 Å². The van der Waals surface area contributed by atoms with Crippen molar-refractivity contribution in [2.45, 2.75) is 50.5 Å². The van der Waals surface area contributed by atoms with E-state index in [1.54, 1.807) is 25.1 Å². The Kier molecular flexibility index (Phi) is 8.60. The number of aromatic nitrogens is 2. The molecule has 0 radical (unpaired) electrons. The van der Waals surface area contributed by atoms with Crippen molar-refractivity contribution in [2.24, 2.45) is 5.92 Å². The first-order valence-electron chi connectivity index (χ1n) is 11.5. The van der Waals surface area contributed by atoms with Crippen molar-refractivity contribution in [3.63, 3.8) is 0 Å². The summed E-state index contributed by atoms with van der Waals surface area (Å²) in [6, 6.07) is 10.8. The van der Waals surface area contributed by atoms with Crippen LogP contribution in [0.2, 0.25) is 0 Å². The molecular weight excluding hydrogens is 486 g/mol. The Bertz CT molecular complexity index is 1380. The molecular formula is C24H27N5O6S. The van der Waals surface area contributed by atoms with Gasteiger partial charge in [-0.25, -0.2) is 17.4 Å². The molecule has 1 N–H and O–H groups in total. The highest BCUT2D eigenvalue weighted by atomic mass is 32.2. The lowest BCUT2D eigenvalue weighted by Crippen LogP contribution is -2.29. The zero-order valence-corrected chi connectivity index (χ0v) is 20.8. The predicted octanol–water partition coefficient (Wildman–Crippen LogP) is 4.25.